The number of morpholine rings is 1. The lowest BCUT2D eigenvalue weighted by molar-refractivity contribution is -0.137. The minimum Gasteiger partial charge on any atom is -0.375 e. The van der Waals surface area contributed by atoms with Crippen LogP contribution in [0.5, 0.6) is 0 Å². The summed E-state index contributed by atoms with van der Waals surface area (Å²) in [5.74, 6) is -0.263. The number of ether oxygens (including phenoxy) is 1. The predicted octanol–water partition coefficient (Wildman–Crippen LogP) is 2.95. The quantitative estimate of drug-likeness (QED) is 0.794. The van der Waals surface area contributed by atoms with E-state index >= 15 is 0 Å². The van der Waals surface area contributed by atoms with Gasteiger partial charge >= 0.3 is 6.18 Å². The fourth-order valence-electron chi connectivity index (χ4n) is 2.15. The van der Waals surface area contributed by atoms with Crippen LogP contribution in [0.4, 0.5) is 13.2 Å². The molecule has 0 saturated carbocycles. The molecule has 0 N–H and O–H groups in total. The molecule has 3 nitrogen and oxygen atoms in total. The van der Waals surface area contributed by atoms with Gasteiger partial charge in [-0.15, -0.1) is 0 Å². The van der Waals surface area contributed by atoms with Gasteiger partial charge in [0.15, 0.2) is 0 Å². The van der Waals surface area contributed by atoms with E-state index < -0.39 is 11.7 Å². The molecule has 1 aliphatic heterocycles. The van der Waals surface area contributed by atoms with Crippen LogP contribution in [0.3, 0.4) is 0 Å². The maximum Gasteiger partial charge on any atom is 0.416 e. The Bertz CT molecular complexity index is 484. The highest BCUT2D eigenvalue weighted by Crippen LogP contribution is 2.29. The summed E-state index contributed by atoms with van der Waals surface area (Å²) < 4.78 is 42.9. The summed E-state index contributed by atoms with van der Waals surface area (Å²) in [6.07, 6.45) is -4.45. The number of hydrogen-bond donors (Lipinski definition) is 0. The number of carbonyl (C=O) groups excluding carboxylic acids is 1. The minimum absolute atomic E-state index is 0.0652. The van der Waals surface area contributed by atoms with E-state index in [0.717, 1.165) is 12.1 Å². The van der Waals surface area contributed by atoms with E-state index in [2.05, 4.69) is 0 Å². The molecule has 2 unspecified atom stereocenters. The van der Waals surface area contributed by atoms with Crippen molar-refractivity contribution in [3.8, 4) is 0 Å². The van der Waals surface area contributed by atoms with E-state index in [9.17, 15) is 18.0 Å². The molecular formula is C14H16F3NO2. The molecule has 1 fully saturated rings. The predicted molar refractivity (Wildman–Crippen MR) is 67.4 cm³/mol. The van der Waals surface area contributed by atoms with Gasteiger partial charge in [-0.25, -0.2) is 0 Å². The summed E-state index contributed by atoms with van der Waals surface area (Å²) in [5, 5.41) is 0. The SMILES string of the molecule is CC1CN(C(=O)c2ccc(C(F)(F)F)cc2)C(C)CO1. The van der Waals surface area contributed by atoms with Crippen LogP contribution in [-0.4, -0.2) is 36.1 Å². The van der Waals surface area contributed by atoms with Crippen molar-refractivity contribution in [3.05, 3.63) is 35.4 Å². The molecule has 6 heteroatoms. The van der Waals surface area contributed by atoms with Crippen LogP contribution >= 0.6 is 0 Å². The van der Waals surface area contributed by atoms with Gasteiger partial charge in [0.25, 0.3) is 5.91 Å². The average Bonchev–Trinajstić information content (AvgIpc) is 2.40. The number of benzene rings is 1. The fraction of sp³-hybridized carbons (Fsp3) is 0.500. The first-order chi connectivity index (χ1) is 9.29. The zero-order valence-corrected chi connectivity index (χ0v) is 11.3. The molecule has 1 heterocycles. The third-order valence-corrected chi connectivity index (χ3v) is 3.33. The van der Waals surface area contributed by atoms with Crippen molar-refractivity contribution >= 4 is 5.91 Å². The van der Waals surface area contributed by atoms with E-state index in [1.807, 2.05) is 13.8 Å². The number of hydrogen-bond acceptors (Lipinski definition) is 2. The van der Waals surface area contributed by atoms with Gasteiger partial charge in [0, 0.05) is 12.1 Å². The molecule has 0 radical (unpaired) electrons. The number of amides is 1. The van der Waals surface area contributed by atoms with Crippen LogP contribution in [0.15, 0.2) is 24.3 Å². The van der Waals surface area contributed by atoms with Gasteiger partial charge in [0.1, 0.15) is 0 Å². The molecule has 0 aliphatic carbocycles. The molecule has 2 atom stereocenters. The van der Waals surface area contributed by atoms with Gasteiger partial charge < -0.3 is 9.64 Å². The summed E-state index contributed by atoms with van der Waals surface area (Å²) in [6, 6.07) is 4.22. The van der Waals surface area contributed by atoms with Gasteiger partial charge in [-0.1, -0.05) is 0 Å². The topological polar surface area (TPSA) is 29.5 Å². The van der Waals surface area contributed by atoms with Crippen molar-refractivity contribution in [1.82, 2.24) is 4.90 Å². The molecule has 1 aliphatic rings. The molecule has 1 aromatic carbocycles. The van der Waals surface area contributed by atoms with Crippen LogP contribution < -0.4 is 0 Å². The molecule has 20 heavy (non-hydrogen) atoms. The number of alkyl halides is 3. The van der Waals surface area contributed by atoms with Crippen LogP contribution in [-0.2, 0) is 10.9 Å². The second-order valence-corrected chi connectivity index (χ2v) is 5.03. The molecule has 110 valence electrons. The van der Waals surface area contributed by atoms with Gasteiger partial charge in [-0.2, -0.15) is 13.2 Å². The molecule has 1 saturated heterocycles. The van der Waals surface area contributed by atoms with Gasteiger partial charge in [-0.3, -0.25) is 4.79 Å². The maximum atomic E-state index is 12.5. The summed E-state index contributed by atoms with van der Waals surface area (Å²) >= 11 is 0. The summed E-state index contributed by atoms with van der Waals surface area (Å²) in [4.78, 5) is 13.9. The number of rotatable bonds is 1. The van der Waals surface area contributed by atoms with Crippen molar-refractivity contribution in [2.24, 2.45) is 0 Å². The Kier molecular flexibility index (Phi) is 4.04. The molecule has 0 aromatic heterocycles. The maximum absolute atomic E-state index is 12.5. The molecule has 0 bridgehead atoms. The summed E-state index contributed by atoms with van der Waals surface area (Å²) in [6.45, 7) is 4.60. The highest BCUT2D eigenvalue weighted by molar-refractivity contribution is 5.94. The number of carbonyl (C=O) groups is 1. The van der Waals surface area contributed by atoms with Crippen molar-refractivity contribution in [1.29, 1.82) is 0 Å². The first kappa shape index (κ1) is 14.8. The Labute approximate surface area is 115 Å². The summed E-state index contributed by atoms with van der Waals surface area (Å²) in [5.41, 5.74) is -0.489. The van der Waals surface area contributed by atoms with E-state index in [0.29, 0.717) is 13.2 Å². The van der Waals surface area contributed by atoms with Gasteiger partial charge in [0.05, 0.1) is 24.3 Å². The normalized spacial score (nSPS) is 23.8. The second-order valence-electron chi connectivity index (χ2n) is 5.03. The van der Waals surface area contributed by atoms with E-state index in [1.54, 1.807) is 4.90 Å². The largest absolute Gasteiger partial charge is 0.416 e. The number of halogens is 3. The molecule has 2 rings (SSSR count). The Morgan fingerprint density at radius 3 is 2.40 bits per heavy atom. The third-order valence-electron chi connectivity index (χ3n) is 3.33. The highest BCUT2D eigenvalue weighted by Gasteiger charge is 2.31. The molecule has 0 spiro atoms. The van der Waals surface area contributed by atoms with Crippen LogP contribution in [0.1, 0.15) is 29.8 Å². The Balaban J connectivity index is 2.16. The standard InChI is InChI=1S/C14H16F3NO2/c1-9-8-20-10(2)7-18(9)13(19)11-3-5-12(6-4-11)14(15,16)17/h3-6,9-10H,7-8H2,1-2H3. The monoisotopic (exact) mass is 287 g/mol. The van der Waals surface area contributed by atoms with Crippen LogP contribution in [0, 0.1) is 0 Å². The van der Waals surface area contributed by atoms with Crippen molar-refractivity contribution in [2.45, 2.75) is 32.2 Å². The van der Waals surface area contributed by atoms with Crippen LogP contribution in [0.2, 0.25) is 0 Å². The number of nitrogens with zero attached hydrogens (tertiary/aromatic N) is 1. The van der Waals surface area contributed by atoms with Gasteiger partial charge in [-0.05, 0) is 38.1 Å². The molecule has 1 amide bonds. The van der Waals surface area contributed by atoms with E-state index in [4.69, 9.17) is 4.74 Å². The van der Waals surface area contributed by atoms with Crippen molar-refractivity contribution in [2.75, 3.05) is 13.2 Å². The summed E-state index contributed by atoms with van der Waals surface area (Å²) in [7, 11) is 0. The lowest BCUT2D eigenvalue weighted by Gasteiger charge is -2.36. The molecule has 1 aromatic rings. The lowest BCUT2D eigenvalue weighted by atomic mass is 10.1. The Hall–Kier alpha value is -1.56. The first-order valence-electron chi connectivity index (χ1n) is 6.39. The molecular weight excluding hydrogens is 271 g/mol. The zero-order chi connectivity index (χ0) is 14.9. The van der Waals surface area contributed by atoms with Crippen molar-refractivity contribution < 1.29 is 22.7 Å². The van der Waals surface area contributed by atoms with Crippen molar-refractivity contribution in [3.63, 3.8) is 0 Å². The van der Waals surface area contributed by atoms with Crippen LogP contribution in [0.25, 0.3) is 0 Å². The Morgan fingerprint density at radius 1 is 1.25 bits per heavy atom. The second kappa shape index (κ2) is 5.44. The van der Waals surface area contributed by atoms with Gasteiger partial charge in [0.2, 0.25) is 0 Å². The van der Waals surface area contributed by atoms with E-state index in [-0.39, 0.29) is 23.6 Å². The third kappa shape index (κ3) is 3.12. The first-order valence-corrected chi connectivity index (χ1v) is 6.39. The Morgan fingerprint density at radius 2 is 1.85 bits per heavy atom. The zero-order valence-electron chi connectivity index (χ0n) is 11.3. The fourth-order valence-corrected chi connectivity index (χ4v) is 2.15. The highest BCUT2D eigenvalue weighted by atomic mass is 19.4. The lowest BCUT2D eigenvalue weighted by Crippen LogP contribution is -2.50. The average molecular weight is 287 g/mol. The van der Waals surface area contributed by atoms with E-state index in [1.165, 1.54) is 12.1 Å². The minimum atomic E-state index is -4.39. The smallest absolute Gasteiger partial charge is 0.375 e.